The molecular formula is C11H14N4O4. The van der Waals surface area contributed by atoms with E-state index in [1.165, 1.54) is 24.3 Å². The first-order chi connectivity index (χ1) is 9.02. The zero-order valence-electron chi connectivity index (χ0n) is 10.4. The predicted molar refractivity (Wildman–Crippen MR) is 67.0 cm³/mol. The van der Waals surface area contributed by atoms with E-state index in [4.69, 9.17) is 5.11 Å². The molecule has 102 valence electrons. The van der Waals surface area contributed by atoms with Gasteiger partial charge in [-0.05, 0) is 18.9 Å². The van der Waals surface area contributed by atoms with Crippen LogP contribution >= 0.6 is 0 Å². The molecule has 1 atom stereocenters. The molecule has 0 spiro atoms. The molecule has 1 aromatic heterocycles. The van der Waals surface area contributed by atoms with Gasteiger partial charge in [-0.25, -0.2) is 4.79 Å². The van der Waals surface area contributed by atoms with Crippen LogP contribution in [0.15, 0.2) is 18.5 Å². The predicted octanol–water partition coefficient (Wildman–Crippen LogP) is 1.53. The number of amides is 1. The normalized spacial score (nSPS) is 18.4. The third-order valence-electron chi connectivity index (χ3n) is 3.25. The maximum atomic E-state index is 11.0. The molecule has 1 aliphatic heterocycles. The van der Waals surface area contributed by atoms with Crippen molar-refractivity contribution >= 4 is 17.5 Å². The van der Waals surface area contributed by atoms with Crippen molar-refractivity contribution < 1.29 is 14.8 Å². The molecule has 8 heteroatoms. The fourth-order valence-corrected chi connectivity index (χ4v) is 2.32. The van der Waals surface area contributed by atoms with E-state index >= 15 is 0 Å². The van der Waals surface area contributed by atoms with Crippen LogP contribution in [-0.4, -0.2) is 45.8 Å². The molecule has 2 heterocycles. The van der Waals surface area contributed by atoms with Crippen LogP contribution in [0.2, 0.25) is 0 Å². The standard InChI is InChI=1S/C11H14N4O4/c1-13(11(16)17)10-3-2-6-14(10)8-4-5-12-7-9(8)15(18)19/h4-5,7,10H,2-3,6H2,1H3,(H,16,17). The number of hydrogen-bond acceptors (Lipinski definition) is 5. The number of rotatable bonds is 3. The highest BCUT2D eigenvalue weighted by Crippen LogP contribution is 2.33. The smallest absolute Gasteiger partial charge is 0.408 e. The van der Waals surface area contributed by atoms with E-state index in [0.717, 1.165) is 6.42 Å². The summed E-state index contributed by atoms with van der Waals surface area (Å²) >= 11 is 0. The highest BCUT2D eigenvalue weighted by atomic mass is 16.6. The third kappa shape index (κ3) is 2.42. The second-order valence-electron chi connectivity index (χ2n) is 4.33. The van der Waals surface area contributed by atoms with E-state index in [1.807, 2.05) is 0 Å². The fraction of sp³-hybridized carbons (Fsp3) is 0.455. The number of pyridine rings is 1. The number of nitrogens with zero attached hydrogens (tertiary/aromatic N) is 4. The highest BCUT2D eigenvalue weighted by Gasteiger charge is 2.34. The van der Waals surface area contributed by atoms with Gasteiger partial charge in [0.1, 0.15) is 18.1 Å². The van der Waals surface area contributed by atoms with Crippen molar-refractivity contribution in [1.29, 1.82) is 0 Å². The van der Waals surface area contributed by atoms with Gasteiger partial charge in [-0.15, -0.1) is 0 Å². The number of anilines is 1. The van der Waals surface area contributed by atoms with Crippen LogP contribution in [0.3, 0.4) is 0 Å². The van der Waals surface area contributed by atoms with E-state index in [9.17, 15) is 14.9 Å². The maximum Gasteiger partial charge on any atom is 0.408 e. The Morgan fingerprint density at radius 3 is 3.05 bits per heavy atom. The van der Waals surface area contributed by atoms with Gasteiger partial charge in [0.25, 0.3) is 0 Å². The van der Waals surface area contributed by atoms with E-state index in [2.05, 4.69) is 4.98 Å². The molecule has 1 aliphatic rings. The van der Waals surface area contributed by atoms with Crippen molar-refractivity contribution in [2.45, 2.75) is 19.0 Å². The molecule has 0 aliphatic carbocycles. The van der Waals surface area contributed by atoms with Gasteiger partial charge in [0.05, 0.1) is 4.92 Å². The number of carbonyl (C=O) groups is 1. The first-order valence-corrected chi connectivity index (χ1v) is 5.83. The van der Waals surface area contributed by atoms with Crippen LogP contribution in [-0.2, 0) is 0 Å². The van der Waals surface area contributed by atoms with Crippen molar-refractivity contribution in [3.63, 3.8) is 0 Å². The summed E-state index contributed by atoms with van der Waals surface area (Å²) in [4.78, 5) is 28.2. The number of hydrogen-bond donors (Lipinski definition) is 1. The van der Waals surface area contributed by atoms with Crippen molar-refractivity contribution in [3.05, 3.63) is 28.6 Å². The topological polar surface area (TPSA) is 99.8 Å². The highest BCUT2D eigenvalue weighted by molar-refractivity contribution is 5.68. The first kappa shape index (κ1) is 13.1. The van der Waals surface area contributed by atoms with Gasteiger partial charge in [0.2, 0.25) is 0 Å². The number of nitro groups is 1. The van der Waals surface area contributed by atoms with Gasteiger partial charge in [0, 0.05) is 19.8 Å². The molecule has 1 unspecified atom stereocenters. The van der Waals surface area contributed by atoms with Crippen LogP contribution in [0.5, 0.6) is 0 Å². The van der Waals surface area contributed by atoms with Gasteiger partial charge in [-0.3, -0.25) is 20.0 Å². The van der Waals surface area contributed by atoms with Gasteiger partial charge in [-0.2, -0.15) is 0 Å². The van der Waals surface area contributed by atoms with Gasteiger partial charge in [0.15, 0.2) is 0 Å². The minimum atomic E-state index is -1.05. The summed E-state index contributed by atoms with van der Waals surface area (Å²) in [6, 6.07) is 1.55. The molecule has 0 aromatic carbocycles. The average molecular weight is 266 g/mol. The molecule has 19 heavy (non-hydrogen) atoms. The van der Waals surface area contributed by atoms with E-state index < -0.39 is 11.0 Å². The Morgan fingerprint density at radius 2 is 2.42 bits per heavy atom. The largest absolute Gasteiger partial charge is 0.465 e. The zero-order valence-corrected chi connectivity index (χ0v) is 10.4. The lowest BCUT2D eigenvalue weighted by Gasteiger charge is -2.31. The Bertz CT molecular complexity index is 507. The molecule has 8 nitrogen and oxygen atoms in total. The summed E-state index contributed by atoms with van der Waals surface area (Å²) in [5, 5.41) is 20.0. The number of aromatic nitrogens is 1. The quantitative estimate of drug-likeness (QED) is 0.657. The summed E-state index contributed by atoms with van der Waals surface area (Å²) in [6.07, 6.45) is 2.68. The van der Waals surface area contributed by atoms with Crippen molar-refractivity contribution in [1.82, 2.24) is 9.88 Å². The first-order valence-electron chi connectivity index (χ1n) is 5.83. The van der Waals surface area contributed by atoms with E-state index in [1.54, 1.807) is 11.0 Å². The number of carboxylic acid groups (broad SMARTS) is 1. The lowest BCUT2D eigenvalue weighted by atomic mass is 10.3. The summed E-state index contributed by atoms with van der Waals surface area (Å²) in [7, 11) is 1.47. The second kappa shape index (κ2) is 5.09. The Kier molecular flexibility index (Phi) is 3.50. The maximum absolute atomic E-state index is 11.0. The van der Waals surface area contributed by atoms with Crippen LogP contribution < -0.4 is 4.90 Å². The molecule has 0 saturated carbocycles. The Hall–Kier alpha value is -2.38. The minimum absolute atomic E-state index is 0.104. The summed E-state index contributed by atoms with van der Waals surface area (Å²) in [5.74, 6) is 0. The Morgan fingerprint density at radius 1 is 1.68 bits per heavy atom. The lowest BCUT2D eigenvalue weighted by molar-refractivity contribution is -0.384. The third-order valence-corrected chi connectivity index (χ3v) is 3.25. The van der Waals surface area contributed by atoms with Gasteiger partial charge < -0.3 is 10.0 Å². The SMILES string of the molecule is CN(C(=O)O)C1CCCN1c1ccncc1[N+](=O)[O-]. The van der Waals surface area contributed by atoms with Gasteiger partial charge >= 0.3 is 11.8 Å². The van der Waals surface area contributed by atoms with Crippen molar-refractivity contribution in [3.8, 4) is 0 Å². The monoisotopic (exact) mass is 266 g/mol. The van der Waals surface area contributed by atoms with Crippen LogP contribution in [0.25, 0.3) is 0 Å². The average Bonchev–Trinajstić information content (AvgIpc) is 2.86. The Balaban J connectivity index is 2.35. The Labute approximate surface area is 109 Å². The van der Waals surface area contributed by atoms with Crippen LogP contribution in [0.4, 0.5) is 16.2 Å². The van der Waals surface area contributed by atoms with E-state index in [0.29, 0.717) is 18.7 Å². The lowest BCUT2D eigenvalue weighted by Crippen LogP contribution is -2.45. The molecule has 1 N–H and O–H groups in total. The molecular weight excluding hydrogens is 252 g/mol. The molecule has 1 fully saturated rings. The molecule has 1 amide bonds. The van der Waals surface area contributed by atoms with Crippen LogP contribution in [0, 0.1) is 10.1 Å². The minimum Gasteiger partial charge on any atom is -0.465 e. The van der Waals surface area contributed by atoms with Gasteiger partial charge in [-0.1, -0.05) is 0 Å². The van der Waals surface area contributed by atoms with Crippen molar-refractivity contribution in [2.75, 3.05) is 18.5 Å². The molecule has 1 aromatic rings. The molecule has 1 saturated heterocycles. The molecule has 0 radical (unpaired) electrons. The summed E-state index contributed by atoms with van der Waals surface area (Å²) in [5.41, 5.74) is 0.309. The zero-order chi connectivity index (χ0) is 14.0. The van der Waals surface area contributed by atoms with Crippen molar-refractivity contribution in [2.24, 2.45) is 0 Å². The van der Waals surface area contributed by atoms with E-state index in [-0.39, 0.29) is 11.9 Å². The summed E-state index contributed by atoms with van der Waals surface area (Å²) in [6.45, 7) is 0.590. The van der Waals surface area contributed by atoms with Crippen LogP contribution in [0.1, 0.15) is 12.8 Å². The summed E-state index contributed by atoms with van der Waals surface area (Å²) < 4.78 is 0. The fourth-order valence-electron chi connectivity index (χ4n) is 2.32. The second-order valence-corrected chi connectivity index (χ2v) is 4.33. The molecule has 2 rings (SSSR count). The molecule has 0 bridgehead atoms.